The summed E-state index contributed by atoms with van der Waals surface area (Å²) < 4.78 is 31.5. The summed E-state index contributed by atoms with van der Waals surface area (Å²) in [5, 5.41) is 10.5. The Morgan fingerprint density at radius 2 is 1.97 bits per heavy atom. The Balaban J connectivity index is 1.79. The number of thiocarbonyl (C=S) groups is 1. The molecule has 0 radical (unpaired) electrons. The van der Waals surface area contributed by atoms with Gasteiger partial charge in [0.1, 0.15) is 23.0 Å². The Kier molecular flexibility index (Phi) is 7.81. The Hall–Kier alpha value is -2.98. The zero-order chi connectivity index (χ0) is 23.3. The highest BCUT2D eigenvalue weighted by Crippen LogP contribution is 2.29. The minimum Gasteiger partial charge on any atom is -0.448 e. The maximum atomic E-state index is 13.2. The lowest BCUT2D eigenvalue weighted by molar-refractivity contribution is -0.384. The third-order valence-corrected chi connectivity index (χ3v) is 6.95. The summed E-state index contributed by atoms with van der Waals surface area (Å²) >= 11 is 5.48. The van der Waals surface area contributed by atoms with Gasteiger partial charge in [0.05, 0.1) is 11.3 Å². The van der Waals surface area contributed by atoms with E-state index < -0.39 is 33.0 Å². The first-order chi connectivity index (χ1) is 15.3. The van der Waals surface area contributed by atoms with Gasteiger partial charge in [0.15, 0.2) is 5.05 Å². The highest BCUT2D eigenvalue weighted by Gasteiger charge is 2.45. The third-order valence-electron chi connectivity index (χ3n) is 5.03. The number of hydrogen-bond donors (Lipinski definition) is 0. The Labute approximate surface area is 192 Å². The van der Waals surface area contributed by atoms with Gasteiger partial charge in [-0.3, -0.25) is 19.1 Å². The number of halogens is 1. The van der Waals surface area contributed by atoms with E-state index >= 15 is 0 Å². The second-order valence-electron chi connectivity index (χ2n) is 7.15. The number of nitro benzene ring substituents is 1. The lowest BCUT2D eigenvalue weighted by Gasteiger charge is -2.44. The van der Waals surface area contributed by atoms with Crippen molar-refractivity contribution in [3.63, 3.8) is 0 Å². The van der Waals surface area contributed by atoms with Crippen LogP contribution in [-0.4, -0.2) is 42.2 Å². The van der Waals surface area contributed by atoms with Crippen LogP contribution in [0, 0.1) is 15.9 Å². The van der Waals surface area contributed by atoms with Crippen molar-refractivity contribution >= 4 is 39.7 Å². The van der Waals surface area contributed by atoms with E-state index in [4.69, 9.17) is 17.0 Å². The van der Waals surface area contributed by atoms with E-state index in [0.717, 1.165) is 5.56 Å². The number of amides is 1. The molecule has 3 atom stereocenters. The molecule has 2 aromatic carbocycles. The summed E-state index contributed by atoms with van der Waals surface area (Å²) in [6, 6.07) is 10.8. The van der Waals surface area contributed by atoms with Gasteiger partial charge in [0.25, 0.3) is 5.69 Å². The number of β-lactam (4-membered cyclic amide) rings is 1. The van der Waals surface area contributed by atoms with Gasteiger partial charge in [-0.2, -0.15) is 0 Å². The molecule has 0 N–H and O–H groups in total. The highest BCUT2D eigenvalue weighted by atomic mass is 32.2. The molecule has 1 saturated heterocycles. The van der Waals surface area contributed by atoms with Gasteiger partial charge < -0.3 is 9.64 Å². The van der Waals surface area contributed by atoms with Crippen LogP contribution in [0.2, 0.25) is 0 Å². The van der Waals surface area contributed by atoms with Crippen LogP contribution < -0.4 is 4.74 Å². The normalized spacial score (nSPS) is 17.2. The zero-order valence-electron chi connectivity index (χ0n) is 17.0. The molecule has 32 heavy (non-hydrogen) atoms. The van der Waals surface area contributed by atoms with Gasteiger partial charge in [-0.1, -0.05) is 18.2 Å². The molecule has 1 aliphatic rings. The Morgan fingerprint density at radius 1 is 1.31 bits per heavy atom. The van der Waals surface area contributed by atoms with E-state index in [1.165, 1.54) is 47.4 Å². The molecule has 0 saturated carbocycles. The van der Waals surface area contributed by atoms with E-state index in [9.17, 15) is 23.5 Å². The van der Waals surface area contributed by atoms with Gasteiger partial charge in [-0.05, 0) is 54.9 Å². The smallest absolute Gasteiger partial charge is 0.269 e. The fourth-order valence-electron chi connectivity index (χ4n) is 3.37. The Bertz CT molecular complexity index is 1040. The van der Waals surface area contributed by atoms with Crippen molar-refractivity contribution in [3.05, 3.63) is 82.7 Å². The number of ether oxygens (including phenoxy) is 1. The molecule has 0 aromatic heterocycles. The Morgan fingerprint density at radius 3 is 2.53 bits per heavy atom. The molecule has 1 amide bonds. The number of benzene rings is 2. The molecule has 3 unspecified atom stereocenters. The monoisotopic (exact) mass is 476 g/mol. The van der Waals surface area contributed by atoms with Crippen molar-refractivity contribution in [2.24, 2.45) is 0 Å². The van der Waals surface area contributed by atoms with Gasteiger partial charge in [0, 0.05) is 28.7 Å². The van der Waals surface area contributed by atoms with E-state index in [-0.39, 0.29) is 28.8 Å². The first-order valence-corrected chi connectivity index (χ1v) is 11.6. The number of hydrogen-bond acceptors (Lipinski definition) is 6. The van der Waals surface area contributed by atoms with Crippen LogP contribution in [0.4, 0.5) is 10.1 Å². The molecule has 0 bridgehead atoms. The topological polar surface area (TPSA) is 89.8 Å². The van der Waals surface area contributed by atoms with Crippen molar-refractivity contribution in [3.8, 4) is 5.75 Å². The largest absolute Gasteiger partial charge is 0.448 e. The number of carbonyl (C=O) groups excluding carboxylic acids is 1. The zero-order valence-corrected chi connectivity index (χ0v) is 18.6. The standard InChI is InChI=1S/C22H21FN2O5S2/c1-2-13-32(29)21-14-20(26)24(21)19(22(31)30-18-10-6-16(23)7-11-18)12-5-15-3-8-17(9-4-15)25(27)28/h2-4,6-11,19,21H,1,5,12-14H2. The summed E-state index contributed by atoms with van der Waals surface area (Å²) in [6.45, 7) is 3.60. The van der Waals surface area contributed by atoms with E-state index in [1.54, 1.807) is 12.1 Å². The van der Waals surface area contributed by atoms with Crippen LogP contribution in [0.3, 0.4) is 0 Å². The second-order valence-corrected chi connectivity index (χ2v) is 9.19. The first kappa shape index (κ1) is 23.7. The second kappa shape index (κ2) is 10.6. The third kappa shape index (κ3) is 5.63. The average molecular weight is 477 g/mol. The molecule has 168 valence electrons. The van der Waals surface area contributed by atoms with Gasteiger partial charge in [-0.25, -0.2) is 4.39 Å². The first-order valence-electron chi connectivity index (χ1n) is 9.80. The van der Waals surface area contributed by atoms with Crippen LogP contribution in [-0.2, 0) is 22.0 Å². The number of aryl methyl sites for hydroxylation is 1. The van der Waals surface area contributed by atoms with E-state index in [0.29, 0.717) is 18.6 Å². The quantitative estimate of drug-likeness (QED) is 0.170. The SMILES string of the molecule is C=CCS(=O)C1CC(=O)N1C(CCc1ccc([N+](=O)[O-])cc1)C(=S)Oc1ccc(F)cc1. The highest BCUT2D eigenvalue weighted by molar-refractivity contribution is 7.85. The van der Waals surface area contributed by atoms with Crippen LogP contribution >= 0.6 is 12.2 Å². The van der Waals surface area contributed by atoms with Gasteiger partial charge in [0.2, 0.25) is 5.91 Å². The fourth-order valence-corrected chi connectivity index (χ4v) is 5.00. The summed E-state index contributed by atoms with van der Waals surface area (Å²) in [6.07, 6.45) is 2.51. The molecule has 3 rings (SSSR count). The van der Waals surface area contributed by atoms with Gasteiger partial charge >= 0.3 is 0 Å². The maximum absolute atomic E-state index is 13.2. The van der Waals surface area contributed by atoms with E-state index in [1.807, 2.05) is 0 Å². The van der Waals surface area contributed by atoms with Crippen molar-refractivity contribution in [2.45, 2.75) is 30.7 Å². The van der Waals surface area contributed by atoms with Crippen LogP contribution in [0.1, 0.15) is 18.4 Å². The number of likely N-dealkylation sites (tertiary alicyclic amines) is 1. The molecule has 1 fully saturated rings. The fraction of sp³-hybridized carbons (Fsp3) is 0.273. The minimum atomic E-state index is -1.32. The van der Waals surface area contributed by atoms with Crippen molar-refractivity contribution in [2.75, 3.05) is 5.75 Å². The number of carbonyl (C=O) groups is 1. The number of non-ortho nitro benzene ring substituents is 1. The molecule has 0 aliphatic carbocycles. The van der Waals surface area contributed by atoms with Crippen molar-refractivity contribution in [1.82, 2.24) is 4.90 Å². The summed E-state index contributed by atoms with van der Waals surface area (Å²) in [5.74, 6) is -0.0369. The molecule has 10 heteroatoms. The molecular formula is C22H21FN2O5S2. The molecule has 7 nitrogen and oxygen atoms in total. The number of nitro groups is 1. The summed E-state index contributed by atoms with van der Waals surface area (Å²) in [5.41, 5.74) is 0.806. The molecular weight excluding hydrogens is 455 g/mol. The van der Waals surface area contributed by atoms with Gasteiger partial charge in [-0.15, -0.1) is 6.58 Å². The lowest BCUT2D eigenvalue weighted by atomic mass is 10.0. The van der Waals surface area contributed by atoms with Crippen LogP contribution in [0.5, 0.6) is 5.75 Å². The molecule has 1 aliphatic heterocycles. The molecule has 2 aromatic rings. The van der Waals surface area contributed by atoms with Crippen molar-refractivity contribution < 1.29 is 23.1 Å². The predicted octanol–water partition coefficient (Wildman–Crippen LogP) is 3.93. The molecule has 0 spiro atoms. The molecule has 1 heterocycles. The maximum Gasteiger partial charge on any atom is 0.269 e. The summed E-state index contributed by atoms with van der Waals surface area (Å²) in [4.78, 5) is 24.3. The number of rotatable bonds is 10. The average Bonchev–Trinajstić information content (AvgIpc) is 2.76. The van der Waals surface area contributed by atoms with Crippen molar-refractivity contribution in [1.29, 1.82) is 0 Å². The van der Waals surface area contributed by atoms with E-state index in [2.05, 4.69) is 6.58 Å². The lowest BCUT2D eigenvalue weighted by Crippen LogP contribution is -2.62. The minimum absolute atomic E-state index is 0.0155. The summed E-state index contributed by atoms with van der Waals surface area (Å²) in [7, 11) is -1.32. The predicted molar refractivity (Wildman–Crippen MR) is 123 cm³/mol. The van der Waals surface area contributed by atoms with Crippen LogP contribution in [0.25, 0.3) is 0 Å². The van der Waals surface area contributed by atoms with Crippen LogP contribution in [0.15, 0.2) is 61.2 Å². The number of nitrogens with zero attached hydrogens (tertiary/aromatic N) is 2.